The zero-order valence-corrected chi connectivity index (χ0v) is 21.4. The number of rotatable bonds is 6. The summed E-state index contributed by atoms with van der Waals surface area (Å²) in [5.74, 6) is -0.454. The first-order chi connectivity index (χ1) is 18.2. The summed E-state index contributed by atoms with van der Waals surface area (Å²) in [6.07, 6.45) is -2.77. The minimum absolute atomic E-state index is 0.136. The number of aryl methyl sites for hydroxylation is 2. The molecule has 9 heteroatoms. The molecule has 1 aliphatic heterocycles. The van der Waals surface area contributed by atoms with Crippen LogP contribution in [-0.2, 0) is 19.1 Å². The highest BCUT2D eigenvalue weighted by Gasteiger charge is 2.35. The van der Waals surface area contributed by atoms with Crippen LogP contribution in [0.3, 0.4) is 0 Å². The van der Waals surface area contributed by atoms with Gasteiger partial charge >= 0.3 is 6.18 Å². The van der Waals surface area contributed by atoms with E-state index in [1.54, 1.807) is 6.92 Å². The fraction of sp³-hybridized carbons (Fsp3) is 0.310. The van der Waals surface area contributed by atoms with Gasteiger partial charge in [-0.1, -0.05) is 36.8 Å². The van der Waals surface area contributed by atoms with Crippen LogP contribution >= 0.6 is 0 Å². The van der Waals surface area contributed by atoms with Crippen LogP contribution in [0.5, 0.6) is 0 Å². The molecular weight excluding hydrogens is 491 g/mol. The van der Waals surface area contributed by atoms with Crippen molar-refractivity contribution in [3.63, 3.8) is 0 Å². The summed E-state index contributed by atoms with van der Waals surface area (Å²) in [5, 5.41) is 2.85. The number of aromatic nitrogens is 2. The lowest BCUT2D eigenvalue weighted by atomic mass is 10.1. The number of benzene rings is 2. The number of amides is 1. The molecule has 2 aromatic carbocycles. The van der Waals surface area contributed by atoms with E-state index in [1.807, 2.05) is 24.3 Å². The number of nitrogens with one attached hydrogen (secondary N) is 1. The van der Waals surface area contributed by atoms with Crippen LogP contribution in [0.2, 0.25) is 0 Å². The lowest BCUT2D eigenvalue weighted by molar-refractivity contribution is -0.136. The van der Waals surface area contributed by atoms with Gasteiger partial charge in [0.1, 0.15) is 11.3 Å². The van der Waals surface area contributed by atoms with E-state index in [1.165, 1.54) is 27.9 Å². The first-order valence-corrected chi connectivity index (χ1v) is 12.8. The molecule has 0 radical (unpaired) electrons. The molecule has 1 amide bonds. The van der Waals surface area contributed by atoms with Crippen LogP contribution in [0.15, 0.2) is 66.9 Å². The summed E-state index contributed by atoms with van der Waals surface area (Å²) in [6.45, 7) is 7.83. The van der Waals surface area contributed by atoms with Crippen molar-refractivity contribution in [3.05, 3.63) is 94.9 Å². The van der Waals surface area contributed by atoms with E-state index >= 15 is 0 Å². The molecule has 0 aliphatic carbocycles. The van der Waals surface area contributed by atoms with Crippen molar-refractivity contribution in [1.29, 1.82) is 0 Å². The van der Waals surface area contributed by atoms with Gasteiger partial charge in [-0.2, -0.15) is 13.2 Å². The predicted octanol–water partition coefficient (Wildman–Crippen LogP) is 5.48. The van der Waals surface area contributed by atoms with Crippen LogP contribution in [0.25, 0.3) is 5.65 Å². The van der Waals surface area contributed by atoms with Crippen molar-refractivity contribution in [2.75, 3.05) is 36.0 Å². The number of alkyl halides is 3. The Morgan fingerprint density at radius 3 is 2.05 bits per heavy atom. The van der Waals surface area contributed by atoms with Crippen molar-refractivity contribution >= 4 is 22.9 Å². The number of anilines is 2. The number of hydrogen-bond acceptors (Lipinski definition) is 4. The second-order valence-electron chi connectivity index (χ2n) is 9.53. The van der Waals surface area contributed by atoms with Crippen molar-refractivity contribution in [2.45, 2.75) is 33.0 Å². The molecule has 0 unspecified atom stereocenters. The highest BCUT2D eigenvalue weighted by Crippen LogP contribution is 2.33. The molecule has 4 aromatic rings. The fourth-order valence-electron chi connectivity index (χ4n) is 4.89. The van der Waals surface area contributed by atoms with Crippen LogP contribution in [-0.4, -0.2) is 41.5 Å². The second kappa shape index (κ2) is 10.4. The van der Waals surface area contributed by atoms with Gasteiger partial charge in [0.15, 0.2) is 0 Å². The first-order valence-electron chi connectivity index (χ1n) is 12.8. The molecule has 1 fully saturated rings. The first kappa shape index (κ1) is 25.6. The topological polar surface area (TPSA) is 52.9 Å². The third-order valence-corrected chi connectivity index (χ3v) is 7.01. The van der Waals surface area contributed by atoms with Gasteiger partial charge in [0.2, 0.25) is 0 Å². The second-order valence-corrected chi connectivity index (χ2v) is 9.53. The van der Waals surface area contributed by atoms with E-state index in [0.717, 1.165) is 43.5 Å². The molecule has 1 aliphatic rings. The number of carbonyl (C=O) groups is 1. The third-order valence-electron chi connectivity index (χ3n) is 7.01. The molecule has 0 saturated carbocycles. The van der Waals surface area contributed by atoms with Gasteiger partial charge in [-0.3, -0.25) is 9.20 Å². The van der Waals surface area contributed by atoms with Crippen LogP contribution in [0.4, 0.5) is 24.5 Å². The maximum absolute atomic E-state index is 13.5. The molecule has 1 N–H and O–H groups in total. The van der Waals surface area contributed by atoms with Gasteiger partial charge in [-0.15, -0.1) is 0 Å². The summed E-state index contributed by atoms with van der Waals surface area (Å²) in [4.78, 5) is 21.9. The number of fused-ring (bicyclic) bond motifs is 1. The lowest BCUT2D eigenvalue weighted by Crippen LogP contribution is -2.46. The summed E-state index contributed by atoms with van der Waals surface area (Å²) in [5.41, 5.74) is 3.88. The third kappa shape index (κ3) is 5.18. The highest BCUT2D eigenvalue weighted by molar-refractivity contribution is 5.95. The number of hydrogen-bond donors (Lipinski definition) is 1. The quantitative estimate of drug-likeness (QED) is 0.365. The van der Waals surface area contributed by atoms with Crippen LogP contribution in [0.1, 0.15) is 39.8 Å². The Labute approximate surface area is 219 Å². The van der Waals surface area contributed by atoms with Gasteiger partial charge in [0.05, 0.1) is 11.3 Å². The Hall–Kier alpha value is -4.01. The van der Waals surface area contributed by atoms with E-state index in [4.69, 9.17) is 0 Å². The number of halogens is 3. The number of piperazine rings is 1. The molecule has 3 heterocycles. The van der Waals surface area contributed by atoms with E-state index < -0.39 is 17.6 Å². The van der Waals surface area contributed by atoms with E-state index in [0.29, 0.717) is 12.1 Å². The minimum atomic E-state index is -4.55. The molecule has 5 rings (SSSR count). The monoisotopic (exact) mass is 521 g/mol. The zero-order chi connectivity index (χ0) is 26.9. The number of carbonyl (C=O) groups excluding carboxylic acids is 1. The van der Waals surface area contributed by atoms with Crippen molar-refractivity contribution in [2.24, 2.45) is 0 Å². The number of pyridine rings is 1. The fourth-order valence-corrected chi connectivity index (χ4v) is 4.89. The molecule has 38 heavy (non-hydrogen) atoms. The number of nitrogens with zero attached hydrogens (tertiary/aromatic N) is 4. The molecule has 0 spiro atoms. The minimum Gasteiger partial charge on any atom is -0.368 e. The standard InChI is InChI=1S/C29H30F3N5O/c1-3-25-26(37-14-4-5-24(27(37)34-25)29(30,31)32)28(38)33-19-21-8-12-23(13-9-21)36-17-15-35(16-18-36)22-10-6-20(2)7-11-22/h4-14H,3,15-19H2,1-2H3,(H,33,38). The summed E-state index contributed by atoms with van der Waals surface area (Å²) in [6, 6.07) is 18.9. The Morgan fingerprint density at radius 2 is 1.50 bits per heavy atom. The summed E-state index contributed by atoms with van der Waals surface area (Å²) >= 11 is 0. The van der Waals surface area contributed by atoms with E-state index in [-0.39, 0.29) is 17.9 Å². The molecule has 6 nitrogen and oxygen atoms in total. The SMILES string of the molecule is CCc1nc2c(C(F)(F)F)cccn2c1C(=O)NCc1ccc(N2CCN(c3ccc(C)cc3)CC2)cc1. The summed E-state index contributed by atoms with van der Waals surface area (Å²) < 4.78 is 41.6. The van der Waals surface area contributed by atoms with Gasteiger partial charge in [0.25, 0.3) is 5.91 Å². The van der Waals surface area contributed by atoms with Crippen molar-refractivity contribution in [1.82, 2.24) is 14.7 Å². The Kier molecular flexibility index (Phi) is 7.01. The molecule has 0 bridgehead atoms. The van der Waals surface area contributed by atoms with Gasteiger partial charge in [0, 0.05) is 50.3 Å². The van der Waals surface area contributed by atoms with Gasteiger partial charge < -0.3 is 15.1 Å². The molecule has 0 atom stereocenters. The number of imidazole rings is 1. The van der Waals surface area contributed by atoms with E-state index in [9.17, 15) is 18.0 Å². The lowest BCUT2D eigenvalue weighted by Gasteiger charge is -2.37. The van der Waals surface area contributed by atoms with Crippen LogP contribution < -0.4 is 15.1 Å². The normalized spacial score (nSPS) is 14.2. The van der Waals surface area contributed by atoms with Crippen molar-refractivity contribution in [3.8, 4) is 0 Å². The Morgan fingerprint density at radius 1 is 0.921 bits per heavy atom. The van der Waals surface area contributed by atoms with Gasteiger partial charge in [-0.05, 0) is 55.3 Å². The predicted molar refractivity (Wildman–Crippen MR) is 143 cm³/mol. The van der Waals surface area contributed by atoms with Crippen molar-refractivity contribution < 1.29 is 18.0 Å². The Bertz CT molecular complexity index is 1420. The molecular formula is C29H30F3N5O. The largest absolute Gasteiger partial charge is 0.419 e. The summed E-state index contributed by atoms with van der Waals surface area (Å²) in [7, 11) is 0. The maximum Gasteiger partial charge on any atom is 0.419 e. The highest BCUT2D eigenvalue weighted by atomic mass is 19.4. The zero-order valence-electron chi connectivity index (χ0n) is 21.4. The van der Waals surface area contributed by atoms with E-state index in [2.05, 4.69) is 51.3 Å². The molecule has 198 valence electrons. The average molecular weight is 522 g/mol. The molecule has 1 saturated heterocycles. The van der Waals surface area contributed by atoms with Gasteiger partial charge in [-0.25, -0.2) is 4.98 Å². The molecule has 2 aromatic heterocycles. The maximum atomic E-state index is 13.5. The van der Waals surface area contributed by atoms with Crippen LogP contribution in [0, 0.1) is 6.92 Å². The smallest absolute Gasteiger partial charge is 0.368 e. The average Bonchev–Trinajstić information content (AvgIpc) is 3.31. The Balaban J connectivity index is 1.22.